The molecule has 0 atom stereocenters. The van der Waals surface area contributed by atoms with E-state index in [1.807, 2.05) is 0 Å². The summed E-state index contributed by atoms with van der Waals surface area (Å²) in [4.78, 5) is 12.0. The first-order chi connectivity index (χ1) is 8.01. The number of nitrogens with zero attached hydrogens (tertiary/aromatic N) is 1. The lowest BCUT2D eigenvalue weighted by Crippen LogP contribution is -2.44. The van der Waals surface area contributed by atoms with Crippen LogP contribution in [0.4, 0.5) is 5.69 Å². The van der Waals surface area contributed by atoms with E-state index in [1.165, 1.54) is 6.07 Å². The minimum absolute atomic E-state index is 0.0490. The SMILES string of the molecule is CCN1C(=O)c2c(CO)cccc2NS1(=O)=O. The van der Waals surface area contributed by atoms with Crippen LogP contribution in [-0.2, 0) is 16.8 Å². The van der Waals surface area contributed by atoms with Gasteiger partial charge in [0, 0.05) is 6.54 Å². The lowest BCUT2D eigenvalue weighted by Gasteiger charge is -2.28. The summed E-state index contributed by atoms with van der Waals surface area (Å²) in [5.41, 5.74) is 0.839. The summed E-state index contributed by atoms with van der Waals surface area (Å²) in [5, 5.41) is 9.15. The monoisotopic (exact) mass is 256 g/mol. The molecule has 0 unspecified atom stereocenters. The molecule has 92 valence electrons. The molecule has 0 bridgehead atoms. The number of fused-ring (bicyclic) bond motifs is 1. The summed E-state index contributed by atoms with van der Waals surface area (Å²) in [7, 11) is -3.81. The maximum atomic E-state index is 12.0. The van der Waals surface area contributed by atoms with Crippen molar-refractivity contribution < 1.29 is 18.3 Å². The number of anilines is 1. The Kier molecular flexibility index (Phi) is 2.80. The molecule has 1 aromatic carbocycles. The highest BCUT2D eigenvalue weighted by Gasteiger charge is 2.35. The zero-order chi connectivity index (χ0) is 12.6. The second-order valence-corrected chi connectivity index (χ2v) is 5.17. The Morgan fingerprint density at radius 1 is 1.41 bits per heavy atom. The summed E-state index contributed by atoms with van der Waals surface area (Å²) in [6.45, 7) is 1.31. The Bertz CT molecular complexity index is 568. The Morgan fingerprint density at radius 3 is 2.71 bits per heavy atom. The standard InChI is InChI=1S/C10H12N2O4S/c1-2-12-10(14)9-7(6-13)4-3-5-8(9)11-17(12,15)16/h3-5,11,13H,2,6H2,1H3. The number of rotatable bonds is 2. The van der Waals surface area contributed by atoms with Crippen molar-refractivity contribution in [3.05, 3.63) is 29.3 Å². The van der Waals surface area contributed by atoms with Crippen LogP contribution in [0.25, 0.3) is 0 Å². The molecule has 0 saturated heterocycles. The van der Waals surface area contributed by atoms with Gasteiger partial charge in [0.1, 0.15) is 0 Å². The third-order valence-electron chi connectivity index (χ3n) is 2.58. The topological polar surface area (TPSA) is 86.7 Å². The van der Waals surface area contributed by atoms with E-state index >= 15 is 0 Å². The Hall–Kier alpha value is -1.60. The van der Waals surface area contributed by atoms with Crippen molar-refractivity contribution >= 4 is 21.8 Å². The van der Waals surface area contributed by atoms with Crippen molar-refractivity contribution in [1.82, 2.24) is 4.31 Å². The molecule has 0 spiro atoms. The highest BCUT2D eigenvalue weighted by Crippen LogP contribution is 2.28. The molecule has 6 nitrogen and oxygen atoms in total. The first-order valence-electron chi connectivity index (χ1n) is 5.08. The van der Waals surface area contributed by atoms with Gasteiger partial charge in [-0.3, -0.25) is 9.52 Å². The van der Waals surface area contributed by atoms with Gasteiger partial charge in [-0.05, 0) is 18.6 Å². The first-order valence-corrected chi connectivity index (χ1v) is 6.52. The third-order valence-corrected chi connectivity index (χ3v) is 4.06. The average Bonchev–Trinajstić information content (AvgIpc) is 2.27. The third kappa shape index (κ3) is 1.77. The zero-order valence-electron chi connectivity index (χ0n) is 9.17. The van der Waals surface area contributed by atoms with Crippen LogP contribution in [-0.4, -0.2) is 30.3 Å². The average molecular weight is 256 g/mol. The normalized spacial score (nSPS) is 17.5. The van der Waals surface area contributed by atoms with Gasteiger partial charge in [0.2, 0.25) is 0 Å². The molecule has 1 aromatic rings. The number of hydrogen-bond acceptors (Lipinski definition) is 4. The van der Waals surface area contributed by atoms with Crippen molar-refractivity contribution in [3.8, 4) is 0 Å². The van der Waals surface area contributed by atoms with Crippen LogP contribution in [0.15, 0.2) is 18.2 Å². The zero-order valence-corrected chi connectivity index (χ0v) is 9.99. The van der Waals surface area contributed by atoms with Crippen LogP contribution in [0.1, 0.15) is 22.8 Å². The van der Waals surface area contributed by atoms with Crippen LogP contribution in [0, 0.1) is 0 Å². The molecule has 0 aliphatic carbocycles. The van der Waals surface area contributed by atoms with E-state index in [4.69, 9.17) is 5.11 Å². The minimum Gasteiger partial charge on any atom is -0.392 e. The highest BCUT2D eigenvalue weighted by atomic mass is 32.2. The number of aliphatic hydroxyl groups is 1. The van der Waals surface area contributed by atoms with E-state index in [1.54, 1.807) is 19.1 Å². The van der Waals surface area contributed by atoms with E-state index < -0.39 is 16.1 Å². The van der Waals surface area contributed by atoms with Crippen molar-refractivity contribution in [2.75, 3.05) is 11.3 Å². The Balaban J connectivity index is 2.66. The molecule has 0 aromatic heterocycles. The van der Waals surface area contributed by atoms with Gasteiger partial charge >= 0.3 is 10.2 Å². The lowest BCUT2D eigenvalue weighted by atomic mass is 10.1. The molecule has 2 rings (SSSR count). The van der Waals surface area contributed by atoms with Gasteiger partial charge < -0.3 is 5.11 Å². The van der Waals surface area contributed by atoms with E-state index in [0.717, 1.165) is 4.31 Å². The first kappa shape index (κ1) is 11.9. The van der Waals surface area contributed by atoms with E-state index in [0.29, 0.717) is 5.56 Å². The fraction of sp³-hybridized carbons (Fsp3) is 0.300. The van der Waals surface area contributed by atoms with Crippen molar-refractivity contribution in [3.63, 3.8) is 0 Å². The molecule has 7 heteroatoms. The van der Waals surface area contributed by atoms with Crippen LogP contribution in [0.3, 0.4) is 0 Å². The van der Waals surface area contributed by atoms with Gasteiger partial charge in [-0.1, -0.05) is 12.1 Å². The summed E-state index contributed by atoms with van der Waals surface area (Å²) in [5.74, 6) is -0.606. The van der Waals surface area contributed by atoms with Gasteiger partial charge in [-0.2, -0.15) is 8.42 Å². The summed E-state index contributed by atoms with van der Waals surface area (Å²) < 4.78 is 26.5. The second-order valence-electron chi connectivity index (χ2n) is 3.57. The number of carbonyl (C=O) groups excluding carboxylic acids is 1. The fourth-order valence-corrected chi connectivity index (χ4v) is 3.02. The molecule has 17 heavy (non-hydrogen) atoms. The molecule has 1 aliphatic rings. The molecule has 1 aliphatic heterocycles. The van der Waals surface area contributed by atoms with Gasteiger partial charge in [-0.15, -0.1) is 0 Å². The molecular formula is C10H12N2O4S. The van der Waals surface area contributed by atoms with Gasteiger partial charge in [-0.25, -0.2) is 4.31 Å². The number of hydrogen-bond donors (Lipinski definition) is 2. The number of benzene rings is 1. The number of carbonyl (C=O) groups is 1. The molecule has 0 fully saturated rings. The summed E-state index contributed by atoms with van der Waals surface area (Å²) in [6.07, 6.45) is 0. The van der Waals surface area contributed by atoms with Crippen LogP contribution < -0.4 is 4.72 Å². The van der Waals surface area contributed by atoms with Gasteiger partial charge in [0.05, 0.1) is 17.9 Å². The quantitative estimate of drug-likeness (QED) is 0.797. The van der Waals surface area contributed by atoms with Crippen molar-refractivity contribution in [1.29, 1.82) is 0 Å². The molecule has 0 saturated carbocycles. The second kappa shape index (κ2) is 4.01. The van der Waals surface area contributed by atoms with Gasteiger partial charge in [0.25, 0.3) is 5.91 Å². The van der Waals surface area contributed by atoms with Crippen molar-refractivity contribution in [2.45, 2.75) is 13.5 Å². The number of nitrogens with one attached hydrogen (secondary N) is 1. The highest BCUT2D eigenvalue weighted by molar-refractivity contribution is 7.91. The van der Waals surface area contributed by atoms with Crippen molar-refractivity contribution in [2.24, 2.45) is 0 Å². The van der Waals surface area contributed by atoms with Gasteiger partial charge in [0.15, 0.2) is 0 Å². The summed E-state index contributed by atoms with van der Waals surface area (Å²) in [6, 6.07) is 4.67. The Morgan fingerprint density at radius 2 is 2.12 bits per heavy atom. The van der Waals surface area contributed by atoms with E-state index in [2.05, 4.69) is 4.72 Å². The van der Waals surface area contributed by atoms with E-state index in [9.17, 15) is 13.2 Å². The smallest absolute Gasteiger partial charge is 0.326 e. The lowest BCUT2D eigenvalue weighted by molar-refractivity contribution is 0.0862. The number of amides is 1. The molecule has 1 heterocycles. The minimum atomic E-state index is -3.81. The molecule has 0 radical (unpaired) electrons. The summed E-state index contributed by atoms with van der Waals surface area (Å²) >= 11 is 0. The fourth-order valence-electron chi connectivity index (χ4n) is 1.81. The van der Waals surface area contributed by atoms with Crippen LogP contribution >= 0.6 is 0 Å². The largest absolute Gasteiger partial charge is 0.392 e. The van der Waals surface area contributed by atoms with E-state index in [-0.39, 0.29) is 24.4 Å². The molecular weight excluding hydrogens is 244 g/mol. The molecule has 2 N–H and O–H groups in total. The maximum absolute atomic E-state index is 12.0. The van der Waals surface area contributed by atoms with Crippen LogP contribution in [0.2, 0.25) is 0 Å². The predicted molar refractivity (Wildman–Crippen MR) is 61.6 cm³/mol. The number of aliphatic hydroxyl groups excluding tert-OH is 1. The maximum Gasteiger partial charge on any atom is 0.326 e. The molecule has 1 amide bonds. The Labute approximate surface area is 99.0 Å². The van der Waals surface area contributed by atoms with Crippen LogP contribution in [0.5, 0.6) is 0 Å². The predicted octanol–water partition coefficient (Wildman–Crippen LogP) is 0.311.